The topological polar surface area (TPSA) is 46.9 Å². The molecular weight excluding hydrogens is 386 g/mol. The van der Waals surface area contributed by atoms with Crippen LogP contribution in [-0.4, -0.2) is 31.9 Å². The van der Waals surface area contributed by atoms with Crippen molar-refractivity contribution in [3.8, 4) is 5.69 Å². The number of nitrogens with one attached hydrogen (secondary N) is 1. The number of hydrogen-bond acceptors (Lipinski definition) is 2. The fourth-order valence-electron chi connectivity index (χ4n) is 1.61. The van der Waals surface area contributed by atoms with E-state index in [2.05, 4.69) is 42.3 Å². The van der Waals surface area contributed by atoms with E-state index in [9.17, 15) is 4.79 Å². The lowest BCUT2D eigenvalue weighted by Gasteiger charge is -2.25. The molecule has 0 unspecified atom stereocenters. The summed E-state index contributed by atoms with van der Waals surface area (Å²) in [5, 5.41) is 8.55. The van der Waals surface area contributed by atoms with E-state index in [4.69, 9.17) is 0 Å². The number of carbonyl (C=O) groups is 1. The van der Waals surface area contributed by atoms with E-state index < -0.39 is 0 Å². The minimum absolute atomic E-state index is 0.131. The SMILES string of the molecule is CC(CBr)(CBr)NC(=O)c1cnn(-c2ccccc2)c1. The van der Waals surface area contributed by atoms with E-state index >= 15 is 0 Å². The van der Waals surface area contributed by atoms with Crippen molar-refractivity contribution in [3.63, 3.8) is 0 Å². The number of benzene rings is 1. The zero-order valence-corrected chi connectivity index (χ0v) is 14.2. The van der Waals surface area contributed by atoms with Crippen molar-refractivity contribution in [2.45, 2.75) is 12.5 Å². The molecular formula is C14H15Br2N3O. The first-order valence-corrected chi connectivity index (χ1v) is 8.37. The van der Waals surface area contributed by atoms with Gasteiger partial charge < -0.3 is 5.32 Å². The molecule has 0 aliphatic rings. The molecule has 1 amide bonds. The van der Waals surface area contributed by atoms with Crippen LogP contribution in [0.25, 0.3) is 5.69 Å². The van der Waals surface area contributed by atoms with Crippen LogP contribution in [0.15, 0.2) is 42.7 Å². The van der Waals surface area contributed by atoms with Crippen LogP contribution in [0.5, 0.6) is 0 Å². The number of aromatic nitrogens is 2. The Hall–Kier alpha value is -1.14. The number of rotatable bonds is 5. The molecule has 0 aliphatic carbocycles. The van der Waals surface area contributed by atoms with Crippen molar-refractivity contribution >= 4 is 37.8 Å². The molecule has 2 rings (SSSR count). The largest absolute Gasteiger partial charge is 0.345 e. The molecule has 20 heavy (non-hydrogen) atoms. The summed E-state index contributed by atoms with van der Waals surface area (Å²) in [5.74, 6) is -0.131. The summed E-state index contributed by atoms with van der Waals surface area (Å²) in [6.45, 7) is 1.97. The van der Waals surface area contributed by atoms with Crippen LogP contribution in [0.4, 0.5) is 0 Å². The summed E-state index contributed by atoms with van der Waals surface area (Å²) in [6.07, 6.45) is 3.30. The van der Waals surface area contributed by atoms with Crippen LogP contribution in [0.3, 0.4) is 0 Å². The van der Waals surface area contributed by atoms with Crippen molar-refractivity contribution in [1.29, 1.82) is 0 Å². The fraction of sp³-hybridized carbons (Fsp3) is 0.286. The number of para-hydroxylation sites is 1. The summed E-state index contributed by atoms with van der Waals surface area (Å²) in [4.78, 5) is 12.2. The maximum absolute atomic E-state index is 12.2. The second kappa shape index (κ2) is 6.54. The van der Waals surface area contributed by atoms with E-state index in [1.54, 1.807) is 17.1 Å². The molecule has 1 N–H and O–H groups in total. The predicted octanol–water partition coefficient (Wildman–Crippen LogP) is 3.15. The summed E-state index contributed by atoms with van der Waals surface area (Å²) >= 11 is 6.82. The third kappa shape index (κ3) is 3.49. The third-order valence-corrected chi connectivity index (χ3v) is 5.35. The van der Waals surface area contributed by atoms with Gasteiger partial charge in [0.2, 0.25) is 0 Å². The van der Waals surface area contributed by atoms with Crippen molar-refractivity contribution in [1.82, 2.24) is 15.1 Å². The van der Waals surface area contributed by atoms with Gasteiger partial charge in [0.05, 0.1) is 23.0 Å². The van der Waals surface area contributed by atoms with Crippen molar-refractivity contribution in [2.75, 3.05) is 10.7 Å². The van der Waals surface area contributed by atoms with Gasteiger partial charge in [-0.25, -0.2) is 4.68 Å². The molecule has 0 saturated carbocycles. The first kappa shape index (κ1) is 15.3. The van der Waals surface area contributed by atoms with Gasteiger partial charge in [-0.1, -0.05) is 50.1 Å². The Morgan fingerprint density at radius 3 is 2.55 bits per heavy atom. The normalized spacial score (nSPS) is 11.3. The molecule has 0 spiro atoms. The molecule has 0 aliphatic heterocycles. The van der Waals surface area contributed by atoms with Crippen LogP contribution >= 0.6 is 31.9 Å². The minimum Gasteiger partial charge on any atom is -0.345 e. The summed E-state index contributed by atoms with van der Waals surface area (Å²) < 4.78 is 1.69. The van der Waals surface area contributed by atoms with Crippen LogP contribution in [0, 0.1) is 0 Å². The Morgan fingerprint density at radius 1 is 1.30 bits per heavy atom. The van der Waals surface area contributed by atoms with E-state index in [1.807, 2.05) is 37.3 Å². The number of hydrogen-bond donors (Lipinski definition) is 1. The van der Waals surface area contributed by atoms with Gasteiger partial charge in [0, 0.05) is 16.9 Å². The molecule has 106 valence electrons. The van der Waals surface area contributed by atoms with Crippen LogP contribution in [0.1, 0.15) is 17.3 Å². The summed E-state index contributed by atoms with van der Waals surface area (Å²) in [7, 11) is 0. The molecule has 1 heterocycles. The molecule has 0 atom stereocenters. The lowest BCUT2D eigenvalue weighted by molar-refractivity contribution is 0.0923. The standard InChI is InChI=1S/C14H15Br2N3O/c1-14(9-15,10-16)18-13(20)11-7-17-19(8-11)12-5-3-2-4-6-12/h2-8H,9-10H2,1H3,(H,18,20). The number of nitrogens with zero attached hydrogens (tertiary/aromatic N) is 2. The molecule has 1 aromatic carbocycles. The molecule has 0 bridgehead atoms. The molecule has 0 fully saturated rings. The van der Waals surface area contributed by atoms with Crippen molar-refractivity contribution in [2.24, 2.45) is 0 Å². The highest BCUT2D eigenvalue weighted by molar-refractivity contribution is 9.09. The third-order valence-electron chi connectivity index (χ3n) is 2.87. The lowest BCUT2D eigenvalue weighted by atomic mass is 10.1. The molecule has 4 nitrogen and oxygen atoms in total. The van der Waals surface area contributed by atoms with Crippen LogP contribution < -0.4 is 5.32 Å². The maximum Gasteiger partial charge on any atom is 0.254 e. The monoisotopic (exact) mass is 399 g/mol. The van der Waals surface area contributed by atoms with Gasteiger partial charge in [0.25, 0.3) is 5.91 Å². The second-order valence-corrected chi connectivity index (χ2v) is 5.91. The van der Waals surface area contributed by atoms with Gasteiger partial charge in [0.1, 0.15) is 0 Å². The van der Waals surface area contributed by atoms with Crippen molar-refractivity contribution in [3.05, 3.63) is 48.3 Å². The molecule has 0 radical (unpaired) electrons. The first-order chi connectivity index (χ1) is 9.58. The summed E-state index contributed by atoms with van der Waals surface area (Å²) in [6, 6.07) is 9.69. The zero-order valence-electron chi connectivity index (χ0n) is 11.0. The van der Waals surface area contributed by atoms with Gasteiger partial charge >= 0.3 is 0 Å². The Morgan fingerprint density at radius 2 is 1.95 bits per heavy atom. The van der Waals surface area contributed by atoms with Crippen LogP contribution in [0.2, 0.25) is 0 Å². The predicted molar refractivity (Wildman–Crippen MR) is 87.0 cm³/mol. The highest BCUT2D eigenvalue weighted by Crippen LogP contribution is 2.13. The average molecular weight is 401 g/mol. The Balaban J connectivity index is 2.15. The first-order valence-electron chi connectivity index (χ1n) is 6.12. The minimum atomic E-state index is -0.327. The smallest absolute Gasteiger partial charge is 0.254 e. The highest BCUT2D eigenvalue weighted by Gasteiger charge is 2.24. The van der Waals surface area contributed by atoms with Gasteiger partial charge in [-0.05, 0) is 19.1 Å². The van der Waals surface area contributed by atoms with E-state index in [1.165, 1.54) is 0 Å². The Kier molecular flexibility index (Phi) is 4.99. The van der Waals surface area contributed by atoms with Gasteiger partial charge in [-0.3, -0.25) is 4.79 Å². The molecule has 6 heteroatoms. The maximum atomic E-state index is 12.2. The second-order valence-electron chi connectivity index (χ2n) is 4.79. The van der Waals surface area contributed by atoms with Gasteiger partial charge in [-0.2, -0.15) is 5.10 Å². The van der Waals surface area contributed by atoms with Crippen LogP contribution in [-0.2, 0) is 0 Å². The van der Waals surface area contributed by atoms with E-state index in [-0.39, 0.29) is 11.4 Å². The lowest BCUT2D eigenvalue weighted by Crippen LogP contribution is -2.48. The molecule has 2 aromatic rings. The highest BCUT2D eigenvalue weighted by atomic mass is 79.9. The Labute approximate surface area is 134 Å². The number of alkyl halides is 2. The summed E-state index contributed by atoms with van der Waals surface area (Å²) in [5.41, 5.74) is 1.14. The molecule has 0 saturated heterocycles. The zero-order chi connectivity index (χ0) is 14.6. The average Bonchev–Trinajstić information content (AvgIpc) is 2.98. The number of amides is 1. The fourth-order valence-corrected chi connectivity index (χ4v) is 2.82. The quantitative estimate of drug-likeness (QED) is 0.783. The van der Waals surface area contributed by atoms with Gasteiger partial charge in [0.15, 0.2) is 0 Å². The van der Waals surface area contributed by atoms with Crippen molar-refractivity contribution < 1.29 is 4.79 Å². The Bertz CT molecular complexity index is 579. The molecule has 1 aromatic heterocycles. The van der Waals surface area contributed by atoms with E-state index in [0.29, 0.717) is 16.2 Å². The van der Waals surface area contributed by atoms with Gasteiger partial charge in [-0.15, -0.1) is 0 Å². The number of carbonyl (C=O) groups excluding carboxylic acids is 1. The number of halogens is 2. The van der Waals surface area contributed by atoms with E-state index in [0.717, 1.165) is 5.69 Å².